The van der Waals surface area contributed by atoms with E-state index in [9.17, 15) is 18.3 Å². The van der Waals surface area contributed by atoms with Gasteiger partial charge in [0.2, 0.25) is 0 Å². The van der Waals surface area contributed by atoms with E-state index in [1.54, 1.807) is 17.0 Å². The summed E-state index contributed by atoms with van der Waals surface area (Å²) in [6.07, 6.45) is 0.773. The van der Waals surface area contributed by atoms with E-state index in [-0.39, 0.29) is 5.92 Å². The fourth-order valence-electron chi connectivity index (χ4n) is 3.06. The van der Waals surface area contributed by atoms with Gasteiger partial charge in [-0.1, -0.05) is 0 Å². The molecule has 1 saturated heterocycles. The number of aliphatic hydroxyl groups is 1. The van der Waals surface area contributed by atoms with Crippen LogP contribution in [-0.4, -0.2) is 32.7 Å². The molecule has 5 nitrogen and oxygen atoms in total. The molecule has 0 bridgehead atoms. The number of halogens is 3. The van der Waals surface area contributed by atoms with Gasteiger partial charge in [-0.15, -0.1) is 0 Å². The quantitative estimate of drug-likeness (QED) is 0.934. The molecular weight excluding hydrogens is 321 g/mol. The molecule has 130 valence electrons. The van der Waals surface area contributed by atoms with Gasteiger partial charge in [0.05, 0.1) is 5.56 Å². The summed E-state index contributed by atoms with van der Waals surface area (Å²) in [5, 5.41) is 10.5. The highest BCUT2D eigenvalue weighted by molar-refractivity contribution is 5.40. The number of hydrogen-bond donors (Lipinski definition) is 1. The van der Waals surface area contributed by atoms with Crippen LogP contribution in [0.4, 0.5) is 19.0 Å². The Morgan fingerprint density at radius 3 is 2.42 bits per heavy atom. The lowest BCUT2D eigenvalue weighted by molar-refractivity contribution is -0.137. The molecule has 1 aliphatic rings. The average Bonchev–Trinajstić information content (AvgIpc) is 3.00. The number of pyridine rings is 1. The van der Waals surface area contributed by atoms with Crippen molar-refractivity contribution < 1.29 is 18.3 Å². The first kappa shape index (κ1) is 16.8. The maximum absolute atomic E-state index is 12.6. The zero-order chi connectivity index (χ0) is 17.3. The fraction of sp³-hybridized carbons (Fsp3) is 0.500. The summed E-state index contributed by atoms with van der Waals surface area (Å²) in [6.45, 7) is 1.29. The highest BCUT2D eigenvalue weighted by atomic mass is 19.4. The Bertz CT molecular complexity index is 675. The molecule has 2 aromatic heterocycles. The highest BCUT2D eigenvalue weighted by Gasteiger charge is 2.32. The molecule has 8 heteroatoms. The third-order valence-corrected chi connectivity index (χ3v) is 4.51. The predicted octanol–water partition coefficient (Wildman–Crippen LogP) is 2.78. The molecule has 3 heterocycles. The van der Waals surface area contributed by atoms with Gasteiger partial charge >= 0.3 is 6.18 Å². The zero-order valence-electron chi connectivity index (χ0n) is 13.2. The molecule has 2 aromatic rings. The lowest BCUT2D eigenvalue weighted by Gasteiger charge is -2.34. The molecule has 24 heavy (non-hydrogen) atoms. The number of anilines is 1. The molecule has 0 radical (unpaired) electrons. The van der Waals surface area contributed by atoms with Crippen LogP contribution in [0.15, 0.2) is 30.7 Å². The predicted molar refractivity (Wildman–Crippen MR) is 82.3 cm³/mol. The van der Waals surface area contributed by atoms with Gasteiger partial charge in [-0.05, 0) is 30.9 Å². The normalized spacial score (nSPS) is 18.0. The molecular formula is C16H19F3N4O. The van der Waals surface area contributed by atoms with Gasteiger partial charge in [0.1, 0.15) is 17.7 Å². The Balaban J connectivity index is 1.62. The fourth-order valence-corrected chi connectivity index (χ4v) is 3.06. The SMILES string of the molecule is Cn1ccnc1C(O)C1CCN(c2ccc(C(F)(F)F)cn2)CC1. The molecule has 1 N–H and O–H groups in total. The molecule has 0 aliphatic carbocycles. The summed E-state index contributed by atoms with van der Waals surface area (Å²) < 4.78 is 39.5. The van der Waals surface area contributed by atoms with E-state index in [4.69, 9.17) is 0 Å². The Morgan fingerprint density at radius 2 is 1.92 bits per heavy atom. The van der Waals surface area contributed by atoms with Gasteiger partial charge < -0.3 is 14.6 Å². The van der Waals surface area contributed by atoms with E-state index in [1.807, 2.05) is 11.9 Å². The van der Waals surface area contributed by atoms with Crippen LogP contribution in [0, 0.1) is 5.92 Å². The first-order chi connectivity index (χ1) is 11.4. The lowest BCUT2D eigenvalue weighted by atomic mass is 9.90. The summed E-state index contributed by atoms with van der Waals surface area (Å²) in [6, 6.07) is 2.45. The minimum absolute atomic E-state index is 0.0804. The number of aromatic nitrogens is 3. The van der Waals surface area contributed by atoms with Crippen molar-refractivity contribution in [3.8, 4) is 0 Å². The first-order valence-corrected chi connectivity index (χ1v) is 7.80. The van der Waals surface area contributed by atoms with Gasteiger partial charge in [0.25, 0.3) is 0 Å². The van der Waals surface area contributed by atoms with Gasteiger partial charge in [0.15, 0.2) is 0 Å². The second-order valence-electron chi connectivity index (χ2n) is 6.07. The molecule has 1 fully saturated rings. The maximum Gasteiger partial charge on any atom is 0.417 e. The third-order valence-electron chi connectivity index (χ3n) is 4.51. The van der Waals surface area contributed by atoms with Gasteiger partial charge in [-0.2, -0.15) is 13.2 Å². The number of rotatable bonds is 3. The van der Waals surface area contributed by atoms with Crippen LogP contribution in [0.2, 0.25) is 0 Å². The van der Waals surface area contributed by atoms with Crippen LogP contribution < -0.4 is 4.90 Å². The Kier molecular flexibility index (Phi) is 4.49. The van der Waals surface area contributed by atoms with Crippen molar-refractivity contribution in [2.45, 2.75) is 25.1 Å². The first-order valence-electron chi connectivity index (χ1n) is 7.80. The number of aliphatic hydroxyl groups excluding tert-OH is 1. The van der Waals surface area contributed by atoms with Crippen LogP contribution in [0.1, 0.15) is 30.3 Å². The van der Waals surface area contributed by atoms with Gasteiger partial charge in [-0.3, -0.25) is 0 Å². The van der Waals surface area contributed by atoms with Crippen molar-refractivity contribution in [1.29, 1.82) is 0 Å². The largest absolute Gasteiger partial charge is 0.417 e. The summed E-state index contributed by atoms with van der Waals surface area (Å²) in [4.78, 5) is 10.1. The van der Waals surface area contributed by atoms with E-state index in [0.717, 1.165) is 25.1 Å². The van der Waals surface area contributed by atoms with E-state index in [1.165, 1.54) is 6.07 Å². The maximum atomic E-state index is 12.6. The molecule has 0 saturated carbocycles. The second-order valence-corrected chi connectivity index (χ2v) is 6.07. The van der Waals surface area contributed by atoms with E-state index >= 15 is 0 Å². The van der Waals surface area contributed by atoms with Gasteiger partial charge in [-0.25, -0.2) is 9.97 Å². The molecule has 3 rings (SSSR count). The molecule has 0 aromatic carbocycles. The molecule has 1 aliphatic heterocycles. The van der Waals surface area contributed by atoms with Crippen LogP contribution in [0.3, 0.4) is 0 Å². The van der Waals surface area contributed by atoms with E-state index < -0.39 is 17.8 Å². The number of hydrogen-bond acceptors (Lipinski definition) is 4. The monoisotopic (exact) mass is 340 g/mol. The Morgan fingerprint density at radius 1 is 1.21 bits per heavy atom. The van der Waals surface area contributed by atoms with Crippen molar-refractivity contribution in [3.63, 3.8) is 0 Å². The number of nitrogens with zero attached hydrogens (tertiary/aromatic N) is 4. The number of aryl methyl sites for hydroxylation is 1. The van der Waals surface area contributed by atoms with Crippen LogP contribution >= 0.6 is 0 Å². The minimum Gasteiger partial charge on any atom is -0.385 e. The summed E-state index contributed by atoms with van der Waals surface area (Å²) in [7, 11) is 1.84. The molecule has 1 unspecified atom stereocenters. The highest BCUT2D eigenvalue weighted by Crippen LogP contribution is 2.32. The molecule has 0 spiro atoms. The molecule has 1 atom stereocenters. The van der Waals surface area contributed by atoms with Crippen LogP contribution in [-0.2, 0) is 13.2 Å². The van der Waals surface area contributed by atoms with Crippen LogP contribution in [0.5, 0.6) is 0 Å². The van der Waals surface area contributed by atoms with Crippen LogP contribution in [0.25, 0.3) is 0 Å². The van der Waals surface area contributed by atoms with Crippen molar-refractivity contribution in [3.05, 3.63) is 42.1 Å². The third kappa shape index (κ3) is 3.38. The minimum atomic E-state index is -4.37. The second kappa shape index (κ2) is 6.43. The van der Waals surface area contributed by atoms with Crippen molar-refractivity contribution in [2.75, 3.05) is 18.0 Å². The number of alkyl halides is 3. The van der Waals surface area contributed by atoms with Gasteiger partial charge in [0, 0.05) is 38.7 Å². The van der Waals surface area contributed by atoms with Crippen molar-refractivity contribution in [1.82, 2.24) is 14.5 Å². The number of imidazole rings is 1. The average molecular weight is 340 g/mol. The van der Waals surface area contributed by atoms with Crippen molar-refractivity contribution in [2.24, 2.45) is 13.0 Å². The molecule has 0 amide bonds. The summed E-state index contributed by atoms with van der Waals surface area (Å²) in [5.74, 6) is 1.26. The topological polar surface area (TPSA) is 54.2 Å². The van der Waals surface area contributed by atoms with E-state index in [0.29, 0.717) is 24.7 Å². The Labute approximate surface area is 137 Å². The van der Waals surface area contributed by atoms with Crippen molar-refractivity contribution >= 4 is 5.82 Å². The Hall–Kier alpha value is -2.09. The van der Waals surface area contributed by atoms with E-state index in [2.05, 4.69) is 9.97 Å². The summed E-state index contributed by atoms with van der Waals surface area (Å²) >= 11 is 0. The number of piperidine rings is 1. The lowest BCUT2D eigenvalue weighted by Crippen LogP contribution is -2.36. The summed E-state index contributed by atoms with van der Waals surface area (Å²) in [5.41, 5.74) is -0.744. The standard InChI is InChI=1S/C16H19F3N4O/c1-22-9-6-20-15(22)14(24)11-4-7-23(8-5-11)13-3-2-12(10-21-13)16(17,18)19/h2-3,6,9-11,14,24H,4-5,7-8H2,1H3. The zero-order valence-corrected chi connectivity index (χ0v) is 13.2. The smallest absolute Gasteiger partial charge is 0.385 e.